The van der Waals surface area contributed by atoms with E-state index in [1.807, 2.05) is 24.3 Å². The molecule has 7 nitrogen and oxygen atoms in total. The van der Waals surface area contributed by atoms with Crippen molar-refractivity contribution in [3.8, 4) is 11.5 Å². The lowest BCUT2D eigenvalue weighted by molar-refractivity contribution is 0.396. The number of hydrogen-bond acceptors (Lipinski definition) is 6. The van der Waals surface area contributed by atoms with Crippen LogP contribution in [0.5, 0.6) is 11.5 Å². The molecule has 0 aliphatic rings. The maximum atomic E-state index is 13.2. The minimum Gasteiger partial charge on any atom is -0.497 e. The second-order valence-corrected chi connectivity index (χ2v) is 8.42. The monoisotopic (exact) mass is 433 g/mol. The summed E-state index contributed by atoms with van der Waals surface area (Å²) in [4.78, 5) is 7.80. The lowest BCUT2D eigenvalue weighted by Gasteiger charge is -2.22. The van der Waals surface area contributed by atoms with Gasteiger partial charge in [-0.05, 0) is 35.4 Å². The van der Waals surface area contributed by atoms with Crippen LogP contribution >= 0.6 is 11.6 Å². The zero-order valence-corrected chi connectivity index (χ0v) is 17.5. The molecule has 0 saturated heterocycles. The summed E-state index contributed by atoms with van der Waals surface area (Å²) in [5, 5.41) is -0.0373. The lowest BCUT2D eigenvalue weighted by atomic mass is 10.2. The average Bonchev–Trinajstić information content (AvgIpc) is 2.74. The molecule has 0 spiro atoms. The van der Waals surface area contributed by atoms with E-state index in [4.69, 9.17) is 21.1 Å². The summed E-state index contributed by atoms with van der Waals surface area (Å²) in [7, 11) is -0.751. The van der Waals surface area contributed by atoms with Gasteiger partial charge in [-0.3, -0.25) is 0 Å². The van der Waals surface area contributed by atoms with Gasteiger partial charge in [-0.1, -0.05) is 35.9 Å². The Morgan fingerprint density at radius 2 is 1.31 bits per heavy atom. The van der Waals surface area contributed by atoms with Crippen LogP contribution < -0.4 is 9.47 Å². The van der Waals surface area contributed by atoms with Gasteiger partial charge in [-0.25, -0.2) is 18.4 Å². The van der Waals surface area contributed by atoms with Crippen LogP contribution in [0.15, 0.2) is 66.0 Å². The number of nitrogens with zero attached hydrogens (tertiary/aromatic N) is 3. The van der Waals surface area contributed by atoms with Crippen molar-refractivity contribution in [1.82, 2.24) is 14.3 Å². The summed E-state index contributed by atoms with van der Waals surface area (Å²) in [5.74, 6) is 1.39. The molecule has 0 bridgehead atoms. The topological polar surface area (TPSA) is 81.6 Å². The van der Waals surface area contributed by atoms with Gasteiger partial charge < -0.3 is 9.47 Å². The smallest absolute Gasteiger partial charge is 0.262 e. The van der Waals surface area contributed by atoms with Crippen LogP contribution in [0.4, 0.5) is 0 Å². The first kappa shape index (κ1) is 21.0. The van der Waals surface area contributed by atoms with Crippen LogP contribution in [0.1, 0.15) is 11.1 Å². The van der Waals surface area contributed by atoms with Crippen molar-refractivity contribution in [2.75, 3.05) is 14.2 Å². The Morgan fingerprint density at radius 3 is 1.69 bits per heavy atom. The Bertz CT molecular complexity index is 991. The van der Waals surface area contributed by atoms with Gasteiger partial charge in [0.25, 0.3) is 10.0 Å². The van der Waals surface area contributed by atoms with Crippen molar-refractivity contribution in [2.24, 2.45) is 0 Å². The van der Waals surface area contributed by atoms with E-state index in [1.54, 1.807) is 38.5 Å². The molecular weight excluding hydrogens is 414 g/mol. The van der Waals surface area contributed by atoms with E-state index in [0.717, 1.165) is 17.3 Å². The molecule has 0 aliphatic heterocycles. The zero-order chi connectivity index (χ0) is 20.9. The molecule has 29 heavy (non-hydrogen) atoms. The van der Waals surface area contributed by atoms with Gasteiger partial charge in [0.1, 0.15) is 16.7 Å². The number of sulfonamides is 1. The summed E-state index contributed by atoms with van der Waals surface area (Å²) in [6.07, 6.45) is 2.38. The molecule has 152 valence electrons. The maximum absolute atomic E-state index is 13.2. The SMILES string of the molecule is COc1ccc(CN(Cc2ccc(OC)cc2)S(=O)(=O)c2cnc(Cl)cn2)cc1. The zero-order valence-electron chi connectivity index (χ0n) is 15.9. The van der Waals surface area contributed by atoms with Gasteiger partial charge in [0.05, 0.1) is 26.6 Å². The first-order valence-corrected chi connectivity index (χ1v) is 10.5. The standard InChI is InChI=1S/C20H20ClN3O4S/c1-27-17-7-3-15(4-8-17)13-24(14-16-5-9-18(28-2)10-6-16)29(25,26)20-12-22-19(21)11-23-20/h3-12H,13-14H2,1-2H3. The number of halogens is 1. The second kappa shape index (κ2) is 9.21. The fourth-order valence-electron chi connectivity index (χ4n) is 2.66. The normalized spacial score (nSPS) is 11.4. The lowest BCUT2D eigenvalue weighted by Crippen LogP contribution is -2.31. The Morgan fingerprint density at radius 1 is 0.828 bits per heavy atom. The van der Waals surface area contributed by atoms with E-state index in [-0.39, 0.29) is 23.3 Å². The summed E-state index contributed by atoms with van der Waals surface area (Å²) < 4.78 is 38.1. The number of methoxy groups -OCH3 is 2. The quantitative estimate of drug-likeness (QED) is 0.540. The van der Waals surface area contributed by atoms with E-state index in [0.29, 0.717) is 11.5 Å². The van der Waals surface area contributed by atoms with Crippen LogP contribution in [0.3, 0.4) is 0 Å². The number of hydrogen-bond donors (Lipinski definition) is 0. The molecule has 3 rings (SSSR count). The molecule has 0 unspecified atom stereocenters. The van der Waals surface area contributed by atoms with E-state index in [1.165, 1.54) is 10.5 Å². The Balaban J connectivity index is 1.93. The van der Waals surface area contributed by atoms with Crippen molar-refractivity contribution in [3.63, 3.8) is 0 Å². The molecule has 0 fully saturated rings. The molecule has 3 aromatic rings. The highest BCUT2D eigenvalue weighted by Crippen LogP contribution is 2.22. The van der Waals surface area contributed by atoms with Crippen molar-refractivity contribution in [2.45, 2.75) is 18.1 Å². The molecular formula is C20H20ClN3O4S. The van der Waals surface area contributed by atoms with E-state index >= 15 is 0 Å². The number of benzene rings is 2. The van der Waals surface area contributed by atoms with Crippen LogP contribution in [-0.4, -0.2) is 36.9 Å². The minimum atomic E-state index is -3.91. The van der Waals surface area contributed by atoms with Crippen LogP contribution in [0, 0.1) is 0 Å². The van der Waals surface area contributed by atoms with Gasteiger partial charge in [0, 0.05) is 13.1 Å². The third-order valence-electron chi connectivity index (χ3n) is 4.24. The predicted octanol–water partition coefficient (Wildman–Crippen LogP) is 3.54. The maximum Gasteiger partial charge on any atom is 0.262 e. The number of aromatic nitrogens is 2. The molecule has 1 aromatic heterocycles. The number of rotatable bonds is 8. The van der Waals surface area contributed by atoms with Crippen molar-refractivity contribution in [3.05, 3.63) is 77.2 Å². The highest BCUT2D eigenvalue weighted by atomic mass is 35.5. The molecule has 2 aromatic carbocycles. The van der Waals surface area contributed by atoms with Crippen LogP contribution in [0.25, 0.3) is 0 Å². The molecule has 0 aliphatic carbocycles. The van der Waals surface area contributed by atoms with E-state index in [2.05, 4.69) is 9.97 Å². The van der Waals surface area contributed by atoms with Crippen LogP contribution in [0.2, 0.25) is 5.15 Å². The summed E-state index contributed by atoms with van der Waals surface area (Å²) >= 11 is 5.75. The fraction of sp³-hybridized carbons (Fsp3) is 0.200. The van der Waals surface area contributed by atoms with Gasteiger partial charge >= 0.3 is 0 Å². The number of ether oxygens (including phenoxy) is 2. The average molecular weight is 434 g/mol. The molecule has 1 heterocycles. The molecule has 0 saturated carbocycles. The van der Waals surface area contributed by atoms with E-state index in [9.17, 15) is 8.42 Å². The molecule has 0 radical (unpaired) electrons. The van der Waals surface area contributed by atoms with Gasteiger partial charge in [0.2, 0.25) is 0 Å². The van der Waals surface area contributed by atoms with E-state index < -0.39 is 10.0 Å². The van der Waals surface area contributed by atoms with Gasteiger partial charge in [0.15, 0.2) is 5.03 Å². The highest BCUT2D eigenvalue weighted by molar-refractivity contribution is 7.89. The minimum absolute atomic E-state index is 0.126. The summed E-state index contributed by atoms with van der Waals surface area (Å²) in [6, 6.07) is 14.4. The Kier molecular flexibility index (Phi) is 6.68. The van der Waals surface area contributed by atoms with Crippen molar-refractivity contribution < 1.29 is 17.9 Å². The largest absolute Gasteiger partial charge is 0.497 e. The highest BCUT2D eigenvalue weighted by Gasteiger charge is 2.27. The first-order valence-electron chi connectivity index (χ1n) is 8.66. The Labute approximate surface area is 174 Å². The first-order chi connectivity index (χ1) is 13.9. The fourth-order valence-corrected chi connectivity index (χ4v) is 4.03. The summed E-state index contributed by atoms with van der Waals surface area (Å²) in [5.41, 5.74) is 1.62. The van der Waals surface area contributed by atoms with Crippen molar-refractivity contribution >= 4 is 21.6 Å². The van der Waals surface area contributed by atoms with Gasteiger partial charge in [-0.2, -0.15) is 4.31 Å². The van der Waals surface area contributed by atoms with Crippen molar-refractivity contribution in [1.29, 1.82) is 0 Å². The van der Waals surface area contributed by atoms with Gasteiger partial charge in [-0.15, -0.1) is 0 Å². The molecule has 0 N–H and O–H groups in total. The van der Waals surface area contributed by atoms with Crippen LogP contribution in [-0.2, 0) is 23.1 Å². The molecule has 9 heteroatoms. The molecule has 0 amide bonds. The molecule has 0 atom stereocenters. The summed E-state index contributed by atoms with van der Waals surface area (Å²) in [6.45, 7) is 0.311. The third-order valence-corrected chi connectivity index (χ3v) is 6.11. The second-order valence-electron chi connectivity index (χ2n) is 6.15. The third kappa shape index (κ3) is 5.23. The Hall–Kier alpha value is -2.68. The predicted molar refractivity (Wildman–Crippen MR) is 109 cm³/mol.